The number of nitrogens with two attached hydrogens (primary N) is 2. The first kappa shape index (κ1) is 16.5. The molecule has 0 unspecified atom stereocenters. The molecule has 9 nitrogen and oxygen atoms in total. The Balaban J connectivity index is 2.03. The quantitative estimate of drug-likeness (QED) is 0.323. The molecule has 0 aliphatic heterocycles. The summed E-state index contributed by atoms with van der Waals surface area (Å²) in [6.07, 6.45) is 0. The Bertz CT molecular complexity index is 747. The fraction of sp³-hybridized carbons (Fsp3) is 0.154. The first-order valence-corrected chi connectivity index (χ1v) is 7.42. The number of nitro groups is 1. The smallest absolute Gasteiger partial charge is 0.274 e. The molecule has 120 valence electrons. The minimum absolute atomic E-state index is 0.0189. The molecule has 0 aliphatic carbocycles. The molecule has 2 rings (SSSR count). The molecule has 0 radical (unpaired) electrons. The second-order valence-electron chi connectivity index (χ2n) is 4.54. The van der Waals surface area contributed by atoms with Gasteiger partial charge in [-0.3, -0.25) is 14.9 Å². The highest BCUT2D eigenvalue weighted by molar-refractivity contribution is 7.99. The number of carbonyl (C=O) groups excluding carboxylic acids is 1. The van der Waals surface area contributed by atoms with Gasteiger partial charge in [-0.1, -0.05) is 17.8 Å². The Hall–Kier alpha value is -2.88. The average molecular weight is 334 g/mol. The van der Waals surface area contributed by atoms with Crippen LogP contribution in [0.3, 0.4) is 0 Å². The molecule has 0 bridgehead atoms. The van der Waals surface area contributed by atoms with Crippen LogP contribution in [0.1, 0.15) is 5.56 Å². The number of aromatic nitrogens is 2. The van der Waals surface area contributed by atoms with Crippen LogP contribution in [0.25, 0.3) is 0 Å². The molecule has 0 spiro atoms. The lowest BCUT2D eigenvalue weighted by Crippen LogP contribution is -2.15. The van der Waals surface area contributed by atoms with E-state index in [2.05, 4.69) is 15.3 Å². The number of anilines is 3. The Morgan fingerprint density at radius 3 is 2.61 bits per heavy atom. The fourth-order valence-corrected chi connectivity index (χ4v) is 2.47. The summed E-state index contributed by atoms with van der Waals surface area (Å²) in [5.41, 5.74) is 11.8. The summed E-state index contributed by atoms with van der Waals surface area (Å²) < 4.78 is 0. The van der Waals surface area contributed by atoms with E-state index in [9.17, 15) is 14.9 Å². The van der Waals surface area contributed by atoms with Gasteiger partial charge in [-0.25, -0.2) is 9.97 Å². The number of carbonyl (C=O) groups is 1. The van der Waals surface area contributed by atoms with Gasteiger partial charge in [0.1, 0.15) is 11.6 Å². The van der Waals surface area contributed by atoms with Crippen molar-refractivity contribution in [3.63, 3.8) is 0 Å². The third-order valence-electron chi connectivity index (χ3n) is 2.85. The van der Waals surface area contributed by atoms with Gasteiger partial charge in [-0.2, -0.15) is 0 Å². The number of nitrogens with one attached hydrogen (secondary N) is 1. The molecule has 0 fully saturated rings. The molecular formula is C13H14N6O3S. The summed E-state index contributed by atoms with van der Waals surface area (Å²) >= 11 is 1.06. The van der Waals surface area contributed by atoms with Gasteiger partial charge in [0.25, 0.3) is 5.69 Å². The average Bonchev–Trinajstić information content (AvgIpc) is 2.46. The lowest BCUT2D eigenvalue weighted by Gasteiger charge is -2.08. The predicted molar refractivity (Wildman–Crippen MR) is 88.0 cm³/mol. The maximum Gasteiger partial charge on any atom is 0.274 e. The van der Waals surface area contributed by atoms with Crippen molar-refractivity contribution in [3.8, 4) is 0 Å². The summed E-state index contributed by atoms with van der Waals surface area (Å²) in [5, 5.41) is 13.8. The minimum Gasteiger partial charge on any atom is -0.383 e. The Morgan fingerprint density at radius 1 is 1.35 bits per heavy atom. The van der Waals surface area contributed by atoms with Crippen molar-refractivity contribution in [2.24, 2.45) is 0 Å². The number of benzene rings is 1. The number of nitrogens with zero attached hydrogens (tertiary/aromatic N) is 3. The zero-order valence-corrected chi connectivity index (χ0v) is 13.0. The first-order valence-electron chi connectivity index (χ1n) is 6.43. The summed E-state index contributed by atoms with van der Waals surface area (Å²) in [7, 11) is 0. The van der Waals surface area contributed by atoms with Crippen molar-refractivity contribution < 1.29 is 9.72 Å². The second-order valence-corrected chi connectivity index (χ2v) is 5.49. The van der Waals surface area contributed by atoms with Crippen LogP contribution in [0.5, 0.6) is 0 Å². The van der Waals surface area contributed by atoms with Crippen LogP contribution >= 0.6 is 11.8 Å². The van der Waals surface area contributed by atoms with E-state index in [1.807, 2.05) is 0 Å². The fourth-order valence-electron chi connectivity index (χ4n) is 1.80. The van der Waals surface area contributed by atoms with Crippen molar-refractivity contribution in [2.45, 2.75) is 12.1 Å². The molecule has 5 N–H and O–H groups in total. The van der Waals surface area contributed by atoms with E-state index in [0.29, 0.717) is 11.3 Å². The molecule has 1 heterocycles. The van der Waals surface area contributed by atoms with Crippen LogP contribution in [-0.4, -0.2) is 26.6 Å². The van der Waals surface area contributed by atoms with Gasteiger partial charge in [-0.15, -0.1) is 0 Å². The predicted octanol–water partition coefficient (Wildman–Crippen LogP) is 1.59. The Labute approximate surface area is 135 Å². The standard InChI is InChI=1S/C13H14N6O3S/c1-7-8(3-2-4-9(7)19(21)22)16-12(20)6-23-13-17-10(14)5-11(15)18-13/h2-5H,6H2,1H3,(H,16,20)(H4,14,15,17,18). The zero-order valence-electron chi connectivity index (χ0n) is 12.1. The lowest BCUT2D eigenvalue weighted by atomic mass is 10.1. The topological polar surface area (TPSA) is 150 Å². The number of hydrogen-bond acceptors (Lipinski definition) is 8. The molecule has 10 heteroatoms. The molecule has 1 aromatic carbocycles. The van der Waals surface area contributed by atoms with E-state index in [0.717, 1.165) is 11.8 Å². The number of hydrogen-bond donors (Lipinski definition) is 3. The largest absolute Gasteiger partial charge is 0.383 e. The van der Waals surface area contributed by atoms with Crippen LogP contribution in [-0.2, 0) is 4.79 Å². The second kappa shape index (κ2) is 6.92. The molecule has 0 aliphatic rings. The van der Waals surface area contributed by atoms with Crippen molar-refractivity contribution in [1.82, 2.24) is 9.97 Å². The Morgan fingerprint density at radius 2 is 2.00 bits per heavy atom. The molecule has 1 aromatic heterocycles. The van der Waals surface area contributed by atoms with Crippen LogP contribution < -0.4 is 16.8 Å². The summed E-state index contributed by atoms with van der Waals surface area (Å²) in [5.74, 6) is 0.110. The maximum absolute atomic E-state index is 12.0. The van der Waals surface area contributed by atoms with Crippen molar-refractivity contribution in [2.75, 3.05) is 22.5 Å². The van der Waals surface area contributed by atoms with Gasteiger partial charge in [-0.05, 0) is 13.0 Å². The molecule has 2 aromatic rings. The van der Waals surface area contributed by atoms with Crippen molar-refractivity contribution >= 4 is 40.7 Å². The summed E-state index contributed by atoms with van der Waals surface area (Å²) in [6.45, 7) is 1.57. The maximum atomic E-state index is 12.0. The van der Waals surface area contributed by atoms with E-state index in [1.165, 1.54) is 18.2 Å². The number of nitro benzene ring substituents is 1. The number of thioether (sulfide) groups is 1. The highest BCUT2D eigenvalue weighted by Gasteiger charge is 2.15. The minimum atomic E-state index is -0.497. The third kappa shape index (κ3) is 4.30. The lowest BCUT2D eigenvalue weighted by molar-refractivity contribution is -0.385. The van der Waals surface area contributed by atoms with Gasteiger partial charge < -0.3 is 16.8 Å². The SMILES string of the molecule is Cc1c(NC(=O)CSc2nc(N)cc(N)n2)cccc1[N+](=O)[O-]. The van der Waals surface area contributed by atoms with Gasteiger partial charge in [0.15, 0.2) is 5.16 Å². The van der Waals surface area contributed by atoms with E-state index in [4.69, 9.17) is 11.5 Å². The molecule has 0 atom stereocenters. The molecule has 23 heavy (non-hydrogen) atoms. The van der Waals surface area contributed by atoms with E-state index in [1.54, 1.807) is 13.0 Å². The summed E-state index contributed by atoms with van der Waals surface area (Å²) in [6, 6.07) is 5.90. The van der Waals surface area contributed by atoms with Gasteiger partial charge >= 0.3 is 0 Å². The van der Waals surface area contributed by atoms with Crippen LogP contribution in [0.4, 0.5) is 23.0 Å². The molecule has 0 saturated heterocycles. The molecular weight excluding hydrogens is 320 g/mol. The van der Waals surface area contributed by atoms with Crippen LogP contribution in [0, 0.1) is 17.0 Å². The van der Waals surface area contributed by atoms with Gasteiger partial charge in [0.2, 0.25) is 5.91 Å². The van der Waals surface area contributed by atoms with Crippen molar-refractivity contribution in [1.29, 1.82) is 0 Å². The number of nitrogen functional groups attached to an aromatic ring is 2. The van der Waals surface area contributed by atoms with Gasteiger partial charge in [0, 0.05) is 12.1 Å². The number of amides is 1. The van der Waals surface area contributed by atoms with Crippen LogP contribution in [0.15, 0.2) is 29.4 Å². The highest BCUT2D eigenvalue weighted by Crippen LogP contribution is 2.25. The third-order valence-corrected chi connectivity index (χ3v) is 3.70. The monoisotopic (exact) mass is 334 g/mol. The zero-order chi connectivity index (χ0) is 17.0. The van der Waals surface area contributed by atoms with Crippen molar-refractivity contribution in [3.05, 3.63) is 39.9 Å². The van der Waals surface area contributed by atoms with E-state index < -0.39 is 4.92 Å². The van der Waals surface area contributed by atoms with E-state index in [-0.39, 0.29) is 34.1 Å². The van der Waals surface area contributed by atoms with E-state index >= 15 is 0 Å². The Kier molecular flexibility index (Phi) is 4.96. The first-order chi connectivity index (χ1) is 10.9. The van der Waals surface area contributed by atoms with Gasteiger partial charge in [0.05, 0.1) is 21.9 Å². The normalized spacial score (nSPS) is 10.3. The summed E-state index contributed by atoms with van der Waals surface area (Å²) in [4.78, 5) is 30.3. The molecule has 0 saturated carbocycles. The highest BCUT2D eigenvalue weighted by atomic mass is 32.2. The van der Waals surface area contributed by atoms with Crippen LogP contribution in [0.2, 0.25) is 0 Å². The molecule has 1 amide bonds. The number of rotatable bonds is 5.